The van der Waals surface area contributed by atoms with E-state index >= 15 is 0 Å². The largest absolute Gasteiger partial charge is 0.489 e. The van der Waals surface area contributed by atoms with Crippen LogP contribution in [0.1, 0.15) is 30.2 Å². The second-order valence-corrected chi connectivity index (χ2v) is 9.53. The Bertz CT molecular complexity index is 1560. The topological polar surface area (TPSA) is 120 Å². The average Bonchev–Trinajstić information content (AvgIpc) is 3.61. The third-order valence-electron chi connectivity index (χ3n) is 6.93. The molecule has 0 amide bonds. The molecule has 2 aromatic heterocycles. The first-order chi connectivity index (χ1) is 19.2. The van der Waals surface area contributed by atoms with Crippen LogP contribution in [0.25, 0.3) is 22.3 Å². The second-order valence-electron chi connectivity index (χ2n) is 9.53. The molecule has 0 aliphatic carbocycles. The summed E-state index contributed by atoms with van der Waals surface area (Å²) in [4.78, 5) is 13.3. The van der Waals surface area contributed by atoms with E-state index in [1.807, 2.05) is 53.1 Å². The number of aliphatic hydroxyl groups is 1. The smallest absolute Gasteiger partial charge is 0.207 e. The van der Waals surface area contributed by atoms with Gasteiger partial charge in [0.1, 0.15) is 24.9 Å². The van der Waals surface area contributed by atoms with Gasteiger partial charge >= 0.3 is 0 Å². The Balaban J connectivity index is 1.31. The Hall–Kier alpha value is -4.47. The van der Waals surface area contributed by atoms with Crippen molar-refractivity contribution in [3.05, 3.63) is 96.3 Å². The van der Waals surface area contributed by atoms with E-state index in [1.165, 1.54) is 6.33 Å². The minimum absolute atomic E-state index is 0.0289. The quantitative estimate of drug-likeness (QED) is 0.249. The molecule has 0 spiro atoms. The van der Waals surface area contributed by atoms with Crippen LogP contribution in [0, 0.1) is 0 Å². The van der Waals surface area contributed by atoms with Gasteiger partial charge < -0.3 is 25.6 Å². The number of nitrogens with one attached hydrogen (secondary N) is 1. The summed E-state index contributed by atoms with van der Waals surface area (Å²) in [5, 5.41) is 13.1. The normalized spacial score (nSPS) is 16.9. The van der Waals surface area contributed by atoms with Gasteiger partial charge in [-0.1, -0.05) is 72.8 Å². The monoisotopic (exact) mass is 522 g/mol. The number of imidazole rings is 1. The van der Waals surface area contributed by atoms with Crippen molar-refractivity contribution < 1.29 is 14.6 Å². The molecule has 1 aliphatic heterocycles. The minimum Gasteiger partial charge on any atom is -0.489 e. The van der Waals surface area contributed by atoms with Crippen molar-refractivity contribution in [2.75, 3.05) is 17.7 Å². The van der Waals surface area contributed by atoms with Gasteiger partial charge in [-0.25, -0.2) is 15.0 Å². The van der Waals surface area contributed by atoms with Gasteiger partial charge in [-0.15, -0.1) is 0 Å². The highest BCUT2D eigenvalue weighted by Gasteiger charge is 2.30. The van der Waals surface area contributed by atoms with Crippen LogP contribution in [0.15, 0.2) is 85.2 Å². The molecule has 2 atom stereocenters. The number of benzene rings is 3. The Kier molecular flexibility index (Phi) is 7.07. The number of nitrogens with zero attached hydrogens (tertiary/aromatic N) is 4. The van der Waals surface area contributed by atoms with Crippen LogP contribution in [0.5, 0.6) is 5.75 Å². The molecule has 4 N–H and O–H groups in total. The van der Waals surface area contributed by atoms with Crippen LogP contribution in [0.3, 0.4) is 0 Å². The van der Waals surface area contributed by atoms with E-state index in [0.29, 0.717) is 36.1 Å². The lowest BCUT2D eigenvalue weighted by molar-refractivity contribution is -0.0197. The zero-order chi connectivity index (χ0) is 26.6. The van der Waals surface area contributed by atoms with Crippen molar-refractivity contribution in [3.8, 4) is 16.9 Å². The predicted molar refractivity (Wildman–Crippen MR) is 150 cm³/mol. The van der Waals surface area contributed by atoms with Crippen molar-refractivity contribution in [2.45, 2.75) is 38.3 Å². The Morgan fingerprint density at radius 3 is 2.54 bits per heavy atom. The van der Waals surface area contributed by atoms with Gasteiger partial charge in [0.15, 0.2) is 17.0 Å². The molecule has 9 nitrogen and oxygen atoms in total. The standard InChI is InChI=1S/C30H30N6O3/c31-28-27-29(34-19-33-28)36(26-14-13-24(17-37)39-26)30(35-27)32-16-23-12-11-22(21-9-5-2-6-10-21)15-25(23)38-18-20-7-3-1-4-8-20/h1-12,15,19,24,26,37H,13-14,16-18H2,(H,32,35)(H2,31,33,34)/t24-,26+/m0/s1. The van der Waals surface area contributed by atoms with E-state index in [2.05, 4.69) is 45.6 Å². The third-order valence-corrected chi connectivity index (χ3v) is 6.93. The van der Waals surface area contributed by atoms with Gasteiger partial charge in [-0.2, -0.15) is 0 Å². The summed E-state index contributed by atoms with van der Waals surface area (Å²) in [6.07, 6.45) is 2.36. The summed E-state index contributed by atoms with van der Waals surface area (Å²) in [7, 11) is 0. The van der Waals surface area contributed by atoms with E-state index in [-0.39, 0.29) is 18.9 Å². The average molecular weight is 523 g/mol. The molecule has 1 saturated heterocycles. The molecule has 9 heteroatoms. The zero-order valence-corrected chi connectivity index (χ0v) is 21.4. The number of ether oxygens (including phenoxy) is 2. The second kappa shape index (κ2) is 11.1. The molecule has 5 aromatic rings. The van der Waals surface area contributed by atoms with Crippen molar-refractivity contribution >= 4 is 22.9 Å². The summed E-state index contributed by atoms with van der Waals surface area (Å²) >= 11 is 0. The summed E-state index contributed by atoms with van der Waals surface area (Å²) in [6.45, 7) is 0.875. The first-order valence-electron chi connectivity index (χ1n) is 13.0. The Morgan fingerprint density at radius 1 is 0.974 bits per heavy atom. The molecule has 6 rings (SSSR count). The SMILES string of the molecule is Nc1ncnc2c1nc(NCc1ccc(-c3ccccc3)cc1OCc1ccccc1)n2[C@H]1CC[C@@H](CO)O1. The lowest BCUT2D eigenvalue weighted by Crippen LogP contribution is -2.17. The fraction of sp³-hybridized carbons (Fsp3) is 0.233. The van der Waals surface area contributed by atoms with Crippen molar-refractivity contribution in [3.63, 3.8) is 0 Å². The molecule has 0 bridgehead atoms. The van der Waals surface area contributed by atoms with Gasteiger partial charge in [0.25, 0.3) is 0 Å². The maximum Gasteiger partial charge on any atom is 0.207 e. The molecule has 0 unspecified atom stereocenters. The Morgan fingerprint density at radius 2 is 1.77 bits per heavy atom. The van der Waals surface area contributed by atoms with Crippen LogP contribution < -0.4 is 15.8 Å². The molecule has 0 saturated carbocycles. The van der Waals surface area contributed by atoms with E-state index in [0.717, 1.165) is 40.8 Å². The molecule has 3 heterocycles. The molecule has 1 aliphatic rings. The number of hydrogen-bond acceptors (Lipinski definition) is 8. The van der Waals surface area contributed by atoms with Gasteiger partial charge in [-0.3, -0.25) is 4.57 Å². The predicted octanol–water partition coefficient (Wildman–Crippen LogP) is 4.94. The van der Waals surface area contributed by atoms with Gasteiger partial charge in [-0.05, 0) is 35.6 Å². The number of fused-ring (bicyclic) bond motifs is 1. The third kappa shape index (κ3) is 5.27. The summed E-state index contributed by atoms with van der Waals surface area (Å²) in [5.41, 5.74) is 11.5. The maximum atomic E-state index is 9.60. The zero-order valence-electron chi connectivity index (χ0n) is 21.4. The summed E-state index contributed by atoms with van der Waals surface area (Å²) in [5.74, 6) is 1.66. The van der Waals surface area contributed by atoms with E-state index in [1.54, 1.807) is 0 Å². The van der Waals surface area contributed by atoms with Gasteiger partial charge in [0.05, 0.1) is 12.7 Å². The van der Waals surface area contributed by atoms with E-state index < -0.39 is 0 Å². The van der Waals surface area contributed by atoms with Crippen LogP contribution in [0.4, 0.5) is 11.8 Å². The fourth-order valence-electron chi connectivity index (χ4n) is 4.89. The molecule has 39 heavy (non-hydrogen) atoms. The first-order valence-corrected chi connectivity index (χ1v) is 13.0. The Labute approximate surface area is 226 Å². The van der Waals surface area contributed by atoms with Crippen molar-refractivity contribution in [2.24, 2.45) is 0 Å². The summed E-state index contributed by atoms with van der Waals surface area (Å²) < 4.78 is 14.3. The molecule has 198 valence electrons. The van der Waals surface area contributed by atoms with Gasteiger partial charge in [0.2, 0.25) is 5.95 Å². The number of aromatic nitrogens is 4. The number of nitrogens with two attached hydrogens (primary N) is 1. The number of rotatable bonds is 9. The van der Waals surface area contributed by atoms with Crippen LogP contribution in [-0.2, 0) is 17.9 Å². The number of hydrogen-bond donors (Lipinski definition) is 3. The molecular formula is C30H30N6O3. The minimum atomic E-state index is -0.321. The highest BCUT2D eigenvalue weighted by Crippen LogP contribution is 2.35. The van der Waals surface area contributed by atoms with E-state index in [4.69, 9.17) is 20.2 Å². The number of aliphatic hydroxyl groups excluding tert-OH is 1. The first kappa shape index (κ1) is 24.8. The molecule has 0 radical (unpaired) electrons. The van der Waals surface area contributed by atoms with E-state index in [9.17, 15) is 5.11 Å². The summed E-state index contributed by atoms with van der Waals surface area (Å²) in [6, 6.07) is 26.6. The fourth-order valence-corrected chi connectivity index (χ4v) is 4.89. The number of nitrogen functional groups attached to an aromatic ring is 1. The van der Waals surface area contributed by atoms with Gasteiger partial charge in [0, 0.05) is 12.1 Å². The maximum absolute atomic E-state index is 9.60. The lowest BCUT2D eigenvalue weighted by atomic mass is 10.0. The molecule has 1 fully saturated rings. The van der Waals surface area contributed by atoms with Crippen molar-refractivity contribution in [1.82, 2.24) is 19.5 Å². The van der Waals surface area contributed by atoms with Crippen LogP contribution in [-0.4, -0.2) is 37.3 Å². The van der Waals surface area contributed by atoms with Crippen molar-refractivity contribution in [1.29, 1.82) is 0 Å². The lowest BCUT2D eigenvalue weighted by Gasteiger charge is -2.18. The molecular weight excluding hydrogens is 492 g/mol. The molecule has 3 aromatic carbocycles. The van der Waals surface area contributed by atoms with Crippen LogP contribution in [0.2, 0.25) is 0 Å². The highest BCUT2D eigenvalue weighted by molar-refractivity contribution is 5.84. The highest BCUT2D eigenvalue weighted by atomic mass is 16.5. The van der Waals surface area contributed by atoms with Crippen LogP contribution >= 0.6 is 0 Å². The number of anilines is 2.